The second-order valence-corrected chi connectivity index (χ2v) is 33.2. The van der Waals surface area contributed by atoms with Crippen molar-refractivity contribution in [3.8, 4) is 5.75 Å². The molecular formula is C88H123N23O23. The first-order valence-corrected chi connectivity index (χ1v) is 43.6. The highest BCUT2D eigenvalue weighted by Crippen LogP contribution is 2.24. The smallest absolute Gasteiger partial charge is 0.326 e. The van der Waals surface area contributed by atoms with Gasteiger partial charge in [-0.15, -0.1) is 0 Å². The van der Waals surface area contributed by atoms with Gasteiger partial charge in [0, 0.05) is 55.9 Å². The second kappa shape index (κ2) is 54.2. The van der Waals surface area contributed by atoms with E-state index < -0.39 is 249 Å². The van der Waals surface area contributed by atoms with E-state index in [4.69, 9.17) is 40.1 Å². The number of carbonyl (C=O) groups is 19. The van der Waals surface area contributed by atoms with Gasteiger partial charge >= 0.3 is 11.9 Å². The average Bonchev–Trinajstić information content (AvgIpc) is 1.66. The molecule has 46 nitrogen and oxygen atoms in total. The zero-order chi connectivity index (χ0) is 99.0. The first kappa shape index (κ1) is 108. The van der Waals surface area contributed by atoms with Crippen molar-refractivity contribution < 1.29 is 112 Å². The van der Waals surface area contributed by atoms with Crippen LogP contribution in [0.25, 0.3) is 10.9 Å². The number of hydrogen-bond donors (Lipinski definition) is 25. The number of phenolic OH excluding ortho intramolecular Hbond substituents is 1. The van der Waals surface area contributed by atoms with Crippen LogP contribution in [0.1, 0.15) is 133 Å². The van der Waals surface area contributed by atoms with E-state index in [-0.39, 0.29) is 100.0 Å². The van der Waals surface area contributed by atoms with Crippen LogP contribution in [0.2, 0.25) is 0 Å². The lowest BCUT2D eigenvalue weighted by atomic mass is 10.0. The largest absolute Gasteiger partial charge is 0.508 e. The van der Waals surface area contributed by atoms with Gasteiger partial charge in [0.15, 0.2) is 5.96 Å². The van der Waals surface area contributed by atoms with Crippen LogP contribution in [-0.2, 0) is 117 Å². The Kier molecular flexibility index (Phi) is 43.7. The number of hydrogen-bond acceptors (Lipinski definition) is 24. The molecule has 1 aromatic heterocycles. The molecule has 32 N–H and O–H groups in total. The van der Waals surface area contributed by atoms with Gasteiger partial charge in [0.2, 0.25) is 100 Å². The van der Waals surface area contributed by atoms with Gasteiger partial charge in [0.1, 0.15) is 84.3 Å². The molecule has 1 aliphatic heterocycles. The number of H-pyrrole nitrogens is 1. The second-order valence-electron chi connectivity index (χ2n) is 33.2. The Labute approximate surface area is 771 Å². The van der Waals surface area contributed by atoms with Crippen LogP contribution in [0.3, 0.4) is 0 Å². The third kappa shape index (κ3) is 36.6. The summed E-state index contributed by atoms with van der Waals surface area (Å²) in [6, 6.07) is 4.73. The maximum Gasteiger partial charge on any atom is 0.326 e. The number of aromatic hydroxyl groups is 1. The number of nitrogens with one attached hydrogen (secondary N) is 14. The number of aromatic nitrogens is 1. The van der Waals surface area contributed by atoms with Crippen molar-refractivity contribution in [3.63, 3.8) is 0 Å². The minimum Gasteiger partial charge on any atom is -0.508 e. The number of primary amides is 3. The number of aliphatic carboxylic acids is 2. The Morgan fingerprint density at radius 2 is 0.873 bits per heavy atom. The van der Waals surface area contributed by atoms with E-state index >= 15 is 0 Å². The number of carbonyl (C=O) groups excluding carboxylic acids is 17. The lowest BCUT2D eigenvalue weighted by molar-refractivity contribution is -0.144. The molecule has 1 fully saturated rings. The lowest BCUT2D eigenvalue weighted by Crippen LogP contribution is -2.62. The summed E-state index contributed by atoms with van der Waals surface area (Å²) in [5.74, 6) is -22.9. The fourth-order valence-corrected chi connectivity index (χ4v) is 14.6. The number of amides is 17. The van der Waals surface area contributed by atoms with Crippen molar-refractivity contribution in [2.24, 2.45) is 57.0 Å². The predicted molar refractivity (Wildman–Crippen MR) is 483 cm³/mol. The molecular weight excluding hydrogens is 1750 g/mol. The molecule has 14 atom stereocenters. The topological polar surface area (TPSA) is 775 Å². The van der Waals surface area contributed by atoms with Gasteiger partial charge in [-0.3, -0.25) is 91.3 Å². The van der Waals surface area contributed by atoms with Gasteiger partial charge in [-0.1, -0.05) is 125 Å². The van der Waals surface area contributed by atoms with Crippen molar-refractivity contribution in [1.29, 1.82) is 0 Å². The van der Waals surface area contributed by atoms with Crippen molar-refractivity contribution in [2.75, 3.05) is 32.8 Å². The van der Waals surface area contributed by atoms with Crippen LogP contribution in [0, 0.1) is 11.8 Å². The summed E-state index contributed by atoms with van der Waals surface area (Å²) in [6.45, 7) is 5.02. The SMILES string of the molecule is CC(C)C[C@H](NC(=O)CNC(=O)[C@H](Cc1ccccc1)NC(=O)[C@H](CO)NC(=O)[C@H](CC(N)=O)NC(=O)[C@H](Cc1c[nH]c2ccccc12)NC(=O)[C@H](CC(N)=O)NC(=O)[C@H](Cc1ccc(O)cc1)NC(=O)[C@H](CC(N)=O)NC(=O)[C@@H]1CCCN1C(=O)[C@H](CC(C)C)NC(=O)[C@H](CC(=O)O)NC(=O)[C@@H](N)CCCCN)C(=O)N[C@@H](CCCN=C(N)N)C(=O)N[C@@H](Cc1ccccc1)C(=O)O. The van der Waals surface area contributed by atoms with Crippen LogP contribution < -0.4 is 109 Å². The first-order chi connectivity index (χ1) is 63.5. The molecule has 0 saturated carbocycles. The standard InChI is InChI=1S/C88H123N23O23/c1-46(2)33-57(77(123)100-56(24-15-31-96-88(94)95)76(122)109-66(87(133)134)37-49-19-9-6-10-20-49)99-72(117)44-98-75(121)58(35-48-17-7-5-8-18-48)102-84(130)67(45-112)110-82(128)62(40-70(92)115)106-79(125)60(38-51-43-97-55-23-12-11-21-53(51)55)104-80(126)61(39-69(91)114)105-78(124)59(36-50-26-28-52(113)29-27-50)103-81(127)63(41-71(93)116)107-85(131)68-25-16-32-111(68)86(132)65(34-47(3)4)108-83(129)64(42-73(118)119)101-74(120)54(90)22-13-14-30-89/h5-12,17-21,23,26-29,43,46-47,54,56-68,97,112-113H,13-16,22,24-25,30-42,44-45,89-90H2,1-4H3,(H2,91,114)(H2,92,115)(H2,93,116)(H,98,121)(H,99,117)(H,100,123)(H,101,120)(H,102,130)(H,103,127)(H,104,126)(H,105,124)(H,106,125)(H,107,131)(H,108,129)(H,109,122)(H,110,128)(H,118,119)(H,133,134)(H4,94,95,96)/t54-,56-,57-,58-,59-,60-,61-,62-,63-,64-,65-,66-,67-,68-/m0/s1. The average molecular weight is 1870 g/mol. The van der Waals surface area contributed by atoms with Gasteiger partial charge in [-0.05, 0) is 110 Å². The summed E-state index contributed by atoms with van der Waals surface area (Å²) in [5, 5.41) is 72.8. The Morgan fingerprint density at radius 1 is 0.448 bits per heavy atom. The fourth-order valence-electron chi connectivity index (χ4n) is 14.6. The van der Waals surface area contributed by atoms with Crippen molar-refractivity contribution in [2.45, 2.75) is 221 Å². The number of para-hydroxylation sites is 1. The number of rotatable bonds is 57. The van der Waals surface area contributed by atoms with Crippen molar-refractivity contribution in [3.05, 3.63) is 138 Å². The summed E-state index contributed by atoms with van der Waals surface area (Å²) in [6.07, 6.45) is -2.77. The highest BCUT2D eigenvalue weighted by molar-refractivity contribution is 6.03. The lowest BCUT2D eigenvalue weighted by Gasteiger charge is -2.31. The third-order valence-electron chi connectivity index (χ3n) is 21.3. The van der Waals surface area contributed by atoms with Gasteiger partial charge in [0.25, 0.3) is 0 Å². The molecule has 728 valence electrons. The Morgan fingerprint density at radius 3 is 1.39 bits per heavy atom. The highest BCUT2D eigenvalue weighted by Gasteiger charge is 2.43. The summed E-state index contributed by atoms with van der Waals surface area (Å²) >= 11 is 0. The molecule has 4 aromatic carbocycles. The Balaban J connectivity index is 1.21. The number of unbranched alkanes of at least 4 members (excludes halogenated alkanes) is 1. The van der Waals surface area contributed by atoms with E-state index in [0.717, 1.165) is 4.90 Å². The molecule has 17 amide bonds. The van der Waals surface area contributed by atoms with Crippen LogP contribution in [0.15, 0.2) is 120 Å². The molecule has 0 bridgehead atoms. The summed E-state index contributed by atoms with van der Waals surface area (Å²) < 4.78 is 0. The number of carboxylic acid groups (broad SMARTS) is 2. The quantitative estimate of drug-likeness (QED) is 0.00978. The Hall–Kier alpha value is -14.7. The number of fused-ring (bicyclic) bond motifs is 1. The van der Waals surface area contributed by atoms with Crippen LogP contribution in [-0.4, -0.2) is 266 Å². The summed E-state index contributed by atoms with van der Waals surface area (Å²) in [7, 11) is 0. The van der Waals surface area contributed by atoms with Gasteiger partial charge in [-0.25, -0.2) is 4.79 Å². The minimum atomic E-state index is -2.08. The Bertz CT molecular complexity index is 4960. The van der Waals surface area contributed by atoms with Gasteiger partial charge in [0.05, 0.1) is 44.9 Å². The summed E-state index contributed by atoms with van der Waals surface area (Å²) in [4.78, 5) is 272. The number of likely N-dealkylation sites (tertiary alicyclic amines) is 1. The molecule has 134 heavy (non-hydrogen) atoms. The molecule has 2 heterocycles. The van der Waals surface area contributed by atoms with E-state index in [0.29, 0.717) is 47.0 Å². The number of nitrogens with zero attached hydrogens (tertiary/aromatic N) is 2. The number of aliphatic hydroxyl groups is 1. The number of aromatic amines is 1. The normalized spacial score (nSPS) is 15.2. The molecule has 6 rings (SSSR count). The minimum absolute atomic E-state index is 0.0139. The van der Waals surface area contributed by atoms with Crippen molar-refractivity contribution in [1.82, 2.24) is 79.0 Å². The number of nitrogens with two attached hydrogens (primary N) is 7. The molecule has 5 aromatic rings. The number of aliphatic hydroxyl groups excluding tert-OH is 1. The van der Waals surface area contributed by atoms with Crippen LogP contribution in [0.5, 0.6) is 5.75 Å². The van der Waals surface area contributed by atoms with E-state index in [1.807, 2.05) is 0 Å². The zero-order valence-electron chi connectivity index (χ0n) is 74.7. The number of phenols is 1. The maximum absolute atomic E-state index is 15.0. The first-order valence-electron chi connectivity index (χ1n) is 43.6. The number of guanidine groups is 1. The molecule has 0 spiro atoms. The zero-order valence-corrected chi connectivity index (χ0v) is 74.7. The third-order valence-corrected chi connectivity index (χ3v) is 21.3. The van der Waals surface area contributed by atoms with E-state index in [2.05, 4.69) is 79.1 Å². The number of benzene rings is 4. The van der Waals surface area contributed by atoms with E-state index in [9.17, 15) is 112 Å². The number of carboxylic acids is 2. The van der Waals surface area contributed by atoms with Crippen LogP contribution in [0.4, 0.5) is 0 Å². The van der Waals surface area contributed by atoms with E-state index in [1.165, 1.54) is 30.5 Å². The van der Waals surface area contributed by atoms with Gasteiger partial charge < -0.3 is 140 Å². The maximum atomic E-state index is 15.0. The summed E-state index contributed by atoms with van der Waals surface area (Å²) in [5.41, 5.74) is 41.6. The monoisotopic (exact) mass is 1870 g/mol. The molecule has 46 heteroatoms. The number of aliphatic imine (C=N–C) groups is 1. The molecule has 1 aliphatic rings. The molecule has 0 aliphatic carbocycles. The van der Waals surface area contributed by atoms with Crippen molar-refractivity contribution >= 4 is 129 Å². The predicted octanol–water partition coefficient (Wildman–Crippen LogP) is -6.15. The molecule has 1 saturated heterocycles. The van der Waals surface area contributed by atoms with Crippen LogP contribution >= 0.6 is 0 Å². The van der Waals surface area contributed by atoms with E-state index in [1.54, 1.807) is 113 Å². The van der Waals surface area contributed by atoms with Gasteiger partial charge in [-0.2, -0.15) is 0 Å². The fraction of sp³-hybridized carbons (Fsp3) is 0.477. The molecule has 0 radical (unpaired) electrons. The highest BCUT2D eigenvalue weighted by atomic mass is 16.4. The molecule has 0 unspecified atom stereocenters.